The number of anilines is 1. The van der Waals surface area contributed by atoms with Crippen molar-refractivity contribution < 1.29 is 9.53 Å². The van der Waals surface area contributed by atoms with E-state index in [9.17, 15) is 4.79 Å². The molecule has 1 saturated heterocycles. The second-order valence-corrected chi connectivity index (χ2v) is 8.74. The second-order valence-electron chi connectivity index (χ2n) is 7.81. The van der Waals surface area contributed by atoms with E-state index in [0.717, 1.165) is 41.7 Å². The first kappa shape index (κ1) is 18.0. The SMILES string of the molecule is Cc1cn2nc(N3CCCC(CN(C)C(=O)OC(C)(C)C)C3)sc2n1. The molecule has 25 heavy (non-hydrogen) atoms. The molecule has 0 aliphatic carbocycles. The van der Waals surface area contributed by atoms with Crippen LogP contribution in [0.15, 0.2) is 6.20 Å². The molecule has 2 aromatic rings. The fraction of sp³-hybridized carbons (Fsp3) is 0.706. The molecule has 1 fully saturated rings. The number of aromatic nitrogens is 3. The summed E-state index contributed by atoms with van der Waals surface area (Å²) in [5.41, 5.74) is 0.526. The van der Waals surface area contributed by atoms with E-state index in [1.54, 1.807) is 16.2 Å². The predicted octanol–water partition coefficient (Wildman–Crippen LogP) is 3.18. The fourth-order valence-corrected chi connectivity index (χ4v) is 4.08. The van der Waals surface area contributed by atoms with Crippen LogP contribution < -0.4 is 4.90 Å². The van der Waals surface area contributed by atoms with Crippen LogP contribution in [0.3, 0.4) is 0 Å². The van der Waals surface area contributed by atoms with Crippen molar-refractivity contribution in [3.8, 4) is 0 Å². The number of carbonyl (C=O) groups is 1. The van der Waals surface area contributed by atoms with Crippen LogP contribution in [0.4, 0.5) is 9.93 Å². The molecule has 0 spiro atoms. The van der Waals surface area contributed by atoms with Crippen molar-refractivity contribution in [1.29, 1.82) is 0 Å². The zero-order valence-corrected chi connectivity index (χ0v) is 16.5. The highest BCUT2D eigenvalue weighted by molar-refractivity contribution is 7.20. The van der Waals surface area contributed by atoms with E-state index >= 15 is 0 Å². The van der Waals surface area contributed by atoms with Gasteiger partial charge in [-0.25, -0.2) is 14.3 Å². The third-order valence-electron chi connectivity index (χ3n) is 4.18. The lowest BCUT2D eigenvalue weighted by Crippen LogP contribution is -2.43. The Morgan fingerprint density at radius 3 is 2.92 bits per heavy atom. The number of imidazole rings is 1. The summed E-state index contributed by atoms with van der Waals surface area (Å²) < 4.78 is 7.30. The number of carbonyl (C=O) groups excluding carboxylic acids is 1. The van der Waals surface area contributed by atoms with Gasteiger partial charge in [-0.15, -0.1) is 5.10 Å². The van der Waals surface area contributed by atoms with E-state index in [4.69, 9.17) is 4.74 Å². The van der Waals surface area contributed by atoms with Gasteiger partial charge >= 0.3 is 6.09 Å². The van der Waals surface area contributed by atoms with E-state index in [0.29, 0.717) is 12.5 Å². The third kappa shape index (κ3) is 4.42. The average molecular weight is 366 g/mol. The Balaban J connectivity index is 1.60. The Labute approximate surface area is 152 Å². The number of aryl methyl sites for hydroxylation is 1. The second kappa shape index (κ2) is 6.82. The van der Waals surface area contributed by atoms with Gasteiger partial charge in [-0.1, -0.05) is 11.3 Å². The molecular weight excluding hydrogens is 338 g/mol. The van der Waals surface area contributed by atoms with Crippen LogP contribution in [-0.2, 0) is 4.74 Å². The van der Waals surface area contributed by atoms with E-state index in [2.05, 4.69) is 15.0 Å². The summed E-state index contributed by atoms with van der Waals surface area (Å²) >= 11 is 1.62. The first-order valence-electron chi connectivity index (χ1n) is 8.73. The highest BCUT2D eigenvalue weighted by Crippen LogP contribution is 2.28. The molecule has 3 rings (SSSR count). The molecular formula is C17H27N5O2S. The molecule has 0 bridgehead atoms. The number of ether oxygens (including phenoxy) is 1. The number of nitrogens with zero attached hydrogens (tertiary/aromatic N) is 5. The smallest absolute Gasteiger partial charge is 0.410 e. The maximum absolute atomic E-state index is 12.2. The molecule has 1 unspecified atom stereocenters. The van der Waals surface area contributed by atoms with E-state index in [-0.39, 0.29) is 6.09 Å². The molecule has 0 radical (unpaired) electrons. The van der Waals surface area contributed by atoms with Crippen LogP contribution >= 0.6 is 11.3 Å². The first-order chi connectivity index (χ1) is 11.7. The van der Waals surface area contributed by atoms with Crippen molar-refractivity contribution in [3.63, 3.8) is 0 Å². The van der Waals surface area contributed by atoms with Gasteiger partial charge in [0.1, 0.15) is 5.60 Å². The standard InChI is InChI=1S/C17H27N5O2S/c1-12-9-22-14(18-12)25-15(19-22)21-8-6-7-13(11-21)10-20(5)16(23)24-17(2,3)4/h9,13H,6-8,10-11H2,1-5H3. The molecule has 0 N–H and O–H groups in total. The van der Waals surface area contributed by atoms with Crippen molar-refractivity contribution in [2.75, 3.05) is 31.6 Å². The summed E-state index contributed by atoms with van der Waals surface area (Å²) in [5, 5.41) is 5.65. The third-order valence-corrected chi connectivity index (χ3v) is 5.16. The Hall–Kier alpha value is -1.83. The van der Waals surface area contributed by atoms with Crippen LogP contribution in [-0.4, -0.2) is 57.9 Å². The monoisotopic (exact) mass is 365 g/mol. The van der Waals surface area contributed by atoms with Crippen molar-refractivity contribution >= 4 is 27.5 Å². The largest absolute Gasteiger partial charge is 0.444 e. The topological polar surface area (TPSA) is 63.0 Å². The lowest BCUT2D eigenvalue weighted by atomic mass is 9.98. The normalized spacial score (nSPS) is 18.6. The molecule has 0 saturated carbocycles. The van der Waals surface area contributed by atoms with Crippen molar-refractivity contribution in [1.82, 2.24) is 19.5 Å². The number of fused-ring (bicyclic) bond motifs is 1. The lowest BCUT2D eigenvalue weighted by Gasteiger charge is -2.34. The number of hydrogen-bond donors (Lipinski definition) is 0. The molecule has 1 amide bonds. The molecule has 1 aliphatic rings. The Morgan fingerprint density at radius 2 is 2.24 bits per heavy atom. The van der Waals surface area contributed by atoms with Gasteiger partial charge in [0.05, 0.1) is 11.9 Å². The van der Waals surface area contributed by atoms with Crippen molar-refractivity contribution in [3.05, 3.63) is 11.9 Å². The summed E-state index contributed by atoms with van der Waals surface area (Å²) in [6.45, 7) is 10.3. The molecule has 1 atom stereocenters. The molecule has 3 heterocycles. The first-order valence-corrected chi connectivity index (χ1v) is 9.55. The summed E-state index contributed by atoms with van der Waals surface area (Å²) in [6, 6.07) is 0. The van der Waals surface area contributed by atoms with Crippen LogP contribution in [0.2, 0.25) is 0 Å². The van der Waals surface area contributed by atoms with Gasteiger partial charge in [-0.2, -0.15) is 0 Å². The Bertz CT molecular complexity index is 716. The Morgan fingerprint density at radius 1 is 1.48 bits per heavy atom. The minimum absolute atomic E-state index is 0.257. The average Bonchev–Trinajstić information content (AvgIpc) is 3.03. The van der Waals surface area contributed by atoms with Crippen molar-refractivity contribution in [2.45, 2.75) is 46.1 Å². The summed E-state index contributed by atoms with van der Waals surface area (Å²) in [6.07, 6.45) is 3.92. The minimum atomic E-state index is -0.461. The summed E-state index contributed by atoms with van der Waals surface area (Å²) in [5.74, 6) is 0.421. The van der Waals surface area contributed by atoms with Crippen LogP contribution in [0, 0.1) is 12.8 Å². The fourth-order valence-electron chi connectivity index (χ4n) is 3.12. The van der Waals surface area contributed by atoms with Gasteiger partial charge in [-0.05, 0) is 46.5 Å². The van der Waals surface area contributed by atoms with Gasteiger partial charge in [0.2, 0.25) is 10.1 Å². The maximum atomic E-state index is 12.2. The molecule has 8 heteroatoms. The molecule has 2 aromatic heterocycles. The van der Waals surface area contributed by atoms with Gasteiger partial charge in [0.25, 0.3) is 0 Å². The van der Waals surface area contributed by atoms with E-state index in [1.165, 1.54) is 0 Å². The molecule has 1 aliphatic heterocycles. The quantitative estimate of drug-likeness (QED) is 0.836. The lowest BCUT2D eigenvalue weighted by molar-refractivity contribution is 0.0269. The van der Waals surface area contributed by atoms with Gasteiger partial charge in [0, 0.05) is 26.7 Å². The number of rotatable bonds is 3. The predicted molar refractivity (Wildman–Crippen MR) is 99.4 cm³/mol. The highest BCUT2D eigenvalue weighted by Gasteiger charge is 2.27. The number of piperidine rings is 1. The van der Waals surface area contributed by atoms with Gasteiger partial charge in [0.15, 0.2) is 0 Å². The maximum Gasteiger partial charge on any atom is 0.410 e. The number of amides is 1. The van der Waals surface area contributed by atoms with E-state index in [1.807, 2.05) is 45.5 Å². The summed E-state index contributed by atoms with van der Waals surface area (Å²) in [4.78, 5) is 21.6. The van der Waals surface area contributed by atoms with Gasteiger partial charge in [-0.3, -0.25) is 0 Å². The molecule has 7 nitrogen and oxygen atoms in total. The van der Waals surface area contributed by atoms with Crippen LogP contribution in [0.1, 0.15) is 39.3 Å². The van der Waals surface area contributed by atoms with Gasteiger partial charge < -0.3 is 14.5 Å². The van der Waals surface area contributed by atoms with Crippen LogP contribution in [0.25, 0.3) is 4.96 Å². The zero-order valence-electron chi connectivity index (χ0n) is 15.7. The molecule has 138 valence electrons. The Kier molecular flexibility index (Phi) is 4.90. The highest BCUT2D eigenvalue weighted by atomic mass is 32.1. The zero-order chi connectivity index (χ0) is 18.2. The van der Waals surface area contributed by atoms with Crippen molar-refractivity contribution in [2.24, 2.45) is 5.92 Å². The summed E-state index contributed by atoms with van der Waals surface area (Å²) in [7, 11) is 1.81. The van der Waals surface area contributed by atoms with E-state index < -0.39 is 5.60 Å². The molecule has 0 aromatic carbocycles. The van der Waals surface area contributed by atoms with Crippen LogP contribution in [0.5, 0.6) is 0 Å². The number of hydrogen-bond acceptors (Lipinski definition) is 6. The minimum Gasteiger partial charge on any atom is -0.444 e.